The number of amides is 1. The van der Waals surface area contributed by atoms with Gasteiger partial charge >= 0.3 is 6.18 Å². The molecule has 182 valence electrons. The average molecular weight is 486 g/mol. The maximum absolute atomic E-state index is 13.8. The Kier molecular flexibility index (Phi) is 7.04. The Morgan fingerprint density at radius 3 is 2.51 bits per heavy atom. The van der Waals surface area contributed by atoms with Gasteiger partial charge in [-0.2, -0.15) is 13.2 Å². The number of carbonyl (C=O) groups excluding carboxylic acids is 1. The number of halogens is 4. The number of rotatable bonds is 7. The molecule has 0 radical (unpaired) electrons. The summed E-state index contributed by atoms with van der Waals surface area (Å²) in [4.78, 5) is 20.1. The number of hydrogen-bond donors (Lipinski definition) is 0. The van der Waals surface area contributed by atoms with Crippen LogP contribution in [0.2, 0.25) is 0 Å². The van der Waals surface area contributed by atoms with E-state index in [4.69, 9.17) is 9.57 Å². The molecule has 1 aliphatic rings. The topological polar surface area (TPSA) is 51.1 Å². The zero-order valence-electron chi connectivity index (χ0n) is 18.8. The molecule has 0 fully saturated rings. The molecule has 0 spiro atoms. The first-order valence-electron chi connectivity index (χ1n) is 10.8. The number of ether oxygens (including phenoxy) is 1. The number of methoxy groups -OCH3 is 1. The SMILES string of the molecule is COc1ccc(C2=NOC(CN(Cc3cccc(C(F)(F)F)c3)C(=O)c3cccc(F)c3)C2)cc1. The van der Waals surface area contributed by atoms with E-state index in [1.54, 1.807) is 19.2 Å². The largest absolute Gasteiger partial charge is 0.497 e. The van der Waals surface area contributed by atoms with Gasteiger partial charge in [0.15, 0.2) is 6.10 Å². The second kappa shape index (κ2) is 10.2. The Bertz CT molecular complexity index is 1230. The molecule has 0 aromatic heterocycles. The quantitative estimate of drug-likeness (QED) is 0.404. The van der Waals surface area contributed by atoms with E-state index in [0.717, 1.165) is 23.8 Å². The third kappa shape index (κ3) is 5.98. The van der Waals surface area contributed by atoms with Crippen LogP contribution in [0.5, 0.6) is 5.75 Å². The van der Waals surface area contributed by atoms with Crippen LogP contribution >= 0.6 is 0 Å². The van der Waals surface area contributed by atoms with E-state index in [1.165, 1.54) is 35.2 Å². The summed E-state index contributed by atoms with van der Waals surface area (Å²) in [7, 11) is 1.57. The van der Waals surface area contributed by atoms with Crippen molar-refractivity contribution in [1.29, 1.82) is 0 Å². The number of oxime groups is 1. The molecule has 0 saturated carbocycles. The van der Waals surface area contributed by atoms with Crippen LogP contribution in [0.1, 0.15) is 33.5 Å². The fourth-order valence-electron chi connectivity index (χ4n) is 3.82. The van der Waals surface area contributed by atoms with Crippen LogP contribution in [0.25, 0.3) is 0 Å². The third-order valence-electron chi connectivity index (χ3n) is 5.57. The molecule has 1 aliphatic heterocycles. The van der Waals surface area contributed by atoms with Crippen LogP contribution in [0.15, 0.2) is 78.0 Å². The summed E-state index contributed by atoms with van der Waals surface area (Å²) in [5.74, 6) is -0.418. The van der Waals surface area contributed by atoms with Crippen molar-refractivity contribution in [3.05, 3.63) is 101 Å². The summed E-state index contributed by atoms with van der Waals surface area (Å²) in [5.41, 5.74) is 1.07. The minimum Gasteiger partial charge on any atom is -0.497 e. The van der Waals surface area contributed by atoms with E-state index in [9.17, 15) is 22.4 Å². The first-order valence-corrected chi connectivity index (χ1v) is 10.8. The van der Waals surface area contributed by atoms with Gasteiger partial charge in [0, 0.05) is 18.5 Å². The predicted molar refractivity (Wildman–Crippen MR) is 122 cm³/mol. The number of carbonyl (C=O) groups is 1. The maximum Gasteiger partial charge on any atom is 0.416 e. The Balaban J connectivity index is 1.53. The van der Waals surface area contributed by atoms with E-state index in [1.807, 2.05) is 12.1 Å². The summed E-state index contributed by atoms with van der Waals surface area (Å²) < 4.78 is 58.5. The van der Waals surface area contributed by atoms with Gasteiger partial charge in [-0.05, 0) is 65.7 Å². The molecular weight excluding hydrogens is 464 g/mol. The van der Waals surface area contributed by atoms with Crippen LogP contribution in [0.3, 0.4) is 0 Å². The summed E-state index contributed by atoms with van der Waals surface area (Å²) in [6, 6.07) is 17.2. The predicted octanol–water partition coefficient (Wildman–Crippen LogP) is 5.69. The lowest BCUT2D eigenvalue weighted by Gasteiger charge is -2.25. The second-order valence-electron chi connectivity index (χ2n) is 8.09. The van der Waals surface area contributed by atoms with Crippen molar-refractivity contribution in [2.75, 3.05) is 13.7 Å². The van der Waals surface area contributed by atoms with E-state index in [0.29, 0.717) is 23.4 Å². The van der Waals surface area contributed by atoms with Crippen LogP contribution in [0.4, 0.5) is 17.6 Å². The molecule has 9 heteroatoms. The lowest BCUT2D eigenvalue weighted by molar-refractivity contribution is -0.137. The summed E-state index contributed by atoms with van der Waals surface area (Å²) >= 11 is 0. The Hall–Kier alpha value is -3.88. The van der Waals surface area contributed by atoms with Crippen molar-refractivity contribution >= 4 is 11.6 Å². The van der Waals surface area contributed by atoms with Crippen molar-refractivity contribution in [3.63, 3.8) is 0 Å². The van der Waals surface area contributed by atoms with E-state index in [-0.39, 0.29) is 18.7 Å². The highest BCUT2D eigenvalue weighted by Gasteiger charge is 2.31. The fraction of sp³-hybridized carbons (Fsp3) is 0.231. The first-order chi connectivity index (χ1) is 16.7. The van der Waals surface area contributed by atoms with Crippen molar-refractivity contribution in [2.24, 2.45) is 5.16 Å². The lowest BCUT2D eigenvalue weighted by Crippen LogP contribution is -2.37. The normalized spacial score (nSPS) is 15.3. The number of benzene rings is 3. The van der Waals surface area contributed by atoms with Crippen molar-refractivity contribution in [1.82, 2.24) is 4.90 Å². The standard InChI is InChI=1S/C26H22F4N2O3/c1-34-22-10-8-18(9-11-22)24-14-23(35-31-24)16-32(25(33)19-5-3-7-21(27)13-19)15-17-4-2-6-20(12-17)26(28,29)30/h2-13,23H,14-16H2,1H3. The van der Waals surface area contributed by atoms with Gasteiger partial charge in [-0.15, -0.1) is 0 Å². The molecule has 3 aromatic carbocycles. The fourth-order valence-corrected chi connectivity index (χ4v) is 3.82. The molecule has 1 amide bonds. The van der Waals surface area contributed by atoms with Crippen LogP contribution in [-0.4, -0.2) is 36.3 Å². The number of nitrogens with zero attached hydrogens (tertiary/aromatic N) is 2. The second-order valence-corrected chi connectivity index (χ2v) is 8.09. The average Bonchev–Trinajstić information content (AvgIpc) is 3.31. The molecule has 1 heterocycles. The molecule has 0 saturated heterocycles. The monoisotopic (exact) mass is 486 g/mol. The first kappa shape index (κ1) is 24.3. The molecule has 3 aromatic rings. The van der Waals surface area contributed by atoms with Gasteiger partial charge in [0.2, 0.25) is 0 Å². The van der Waals surface area contributed by atoms with Gasteiger partial charge in [0.1, 0.15) is 11.6 Å². The van der Waals surface area contributed by atoms with E-state index < -0.39 is 29.6 Å². The van der Waals surface area contributed by atoms with Crippen molar-refractivity contribution in [3.8, 4) is 5.75 Å². The molecule has 4 rings (SSSR count). The molecule has 1 atom stereocenters. The highest BCUT2D eigenvalue weighted by molar-refractivity contribution is 6.01. The minimum atomic E-state index is -4.51. The number of hydrogen-bond acceptors (Lipinski definition) is 4. The Morgan fingerprint density at radius 1 is 1.09 bits per heavy atom. The molecule has 1 unspecified atom stereocenters. The molecule has 0 N–H and O–H groups in total. The van der Waals surface area contributed by atoms with Crippen LogP contribution in [0, 0.1) is 5.82 Å². The van der Waals surface area contributed by atoms with Gasteiger partial charge in [0.25, 0.3) is 5.91 Å². The highest BCUT2D eigenvalue weighted by Crippen LogP contribution is 2.30. The van der Waals surface area contributed by atoms with E-state index >= 15 is 0 Å². The third-order valence-corrected chi connectivity index (χ3v) is 5.57. The zero-order valence-corrected chi connectivity index (χ0v) is 18.8. The van der Waals surface area contributed by atoms with Crippen molar-refractivity contribution in [2.45, 2.75) is 25.2 Å². The van der Waals surface area contributed by atoms with Gasteiger partial charge in [-0.3, -0.25) is 4.79 Å². The van der Waals surface area contributed by atoms with Gasteiger partial charge in [-0.1, -0.05) is 23.4 Å². The van der Waals surface area contributed by atoms with Gasteiger partial charge < -0.3 is 14.5 Å². The van der Waals surface area contributed by atoms with Crippen molar-refractivity contribution < 1.29 is 31.9 Å². The summed E-state index contributed by atoms with van der Waals surface area (Å²) in [6.45, 7) is -0.0637. The maximum atomic E-state index is 13.8. The molecule has 5 nitrogen and oxygen atoms in total. The molecule has 0 bridgehead atoms. The number of alkyl halides is 3. The minimum absolute atomic E-state index is 0.0503. The molecule has 35 heavy (non-hydrogen) atoms. The highest BCUT2D eigenvalue weighted by atomic mass is 19.4. The van der Waals surface area contributed by atoms with Gasteiger partial charge in [0.05, 0.1) is 24.9 Å². The smallest absolute Gasteiger partial charge is 0.416 e. The zero-order chi connectivity index (χ0) is 25.0. The summed E-state index contributed by atoms with van der Waals surface area (Å²) in [6.07, 6.45) is -4.64. The van der Waals surface area contributed by atoms with Gasteiger partial charge in [-0.25, -0.2) is 4.39 Å². The Morgan fingerprint density at radius 2 is 1.83 bits per heavy atom. The van der Waals surface area contributed by atoms with Crippen LogP contribution < -0.4 is 4.74 Å². The van der Waals surface area contributed by atoms with E-state index in [2.05, 4.69) is 5.16 Å². The summed E-state index contributed by atoms with van der Waals surface area (Å²) in [5, 5.41) is 4.12. The molecule has 0 aliphatic carbocycles. The lowest BCUT2D eigenvalue weighted by atomic mass is 10.0. The Labute approximate surface area is 199 Å². The van der Waals surface area contributed by atoms with Crippen LogP contribution in [-0.2, 0) is 17.6 Å². The molecular formula is C26H22F4N2O3.